The summed E-state index contributed by atoms with van der Waals surface area (Å²) in [5.41, 5.74) is -6.28. The van der Waals surface area contributed by atoms with Crippen LogP contribution >= 0.6 is 24.0 Å². The van der Waals surface area contributed by atoms with Crippen molar-refractivity contribution >= 4 is 46.3 Å². The molecule has 2 heterocycles. The molecule has 0 saturated carbocycles. The molecule has 1 saturated heterocycles. The lowest BCUT2D eigenvalue weighted by Gasteiger charge is -2.32. The van der Waals surface area contributed by atoms with Gasteiger partial charge >= 0.3 is 18.3 Å². The van der Waals surface area contributed by atoms with E-state index in [1.54, 1.807) is 0 Å². The summed E-state index contributed by atoms with van der Waals surface area (Å²) >= 11 is 6.26. The summed E-state index contributed by atoms with van der Waals surface area (Å²) in [6.45, 7) is 0.319. The van der Waals surface area contributed by atoms with Gasteiger partial charge in [0.15, 0.2) is 0 Å². The van der Waals surface area contributed by atoms with Gasteiger partial charge < -0.3 is 14.6 Å². The average Bonchev–Trinajstić information content (AvgIpc) is 3.36. The second kappa shape index (κ2) is 10.9. The lowest BCUT2D eigenvalue weighted by molar-refractivity contribution is -0.376. The van der Waals surface area contributed by atoms with E-state index in [1.165, 1.54) is 23.1 Å². The predicted octanol–water partition coefficient (Wildman–Crippen LogP) is 6.11. The number of alkyl halides is 6. The first-order valence-corrected chi connectivity index (χ1v) is 11.9. The molecule has 0 unspecified atom stereocenters. The summed E-state index contributed by atoms with van der Waals surface area (Å²) in [5, 5.41) is 18.2. The van der Waals surface area contributed by atoms with Gasteiger partial charge in [-0.25, -0.2) is 0 Å². The van der Waals surface area contributed by atoms with Crippen molar-refractivity contribution < 1.29 is 50.6 Å². The first kappa shape index (κ1) is 28.7. The van der Waals surface area contributed by atoms with E-state index in [-0.39, 0.29) is 34.3 Å². The average molecular weight is 568 g/mol. The van der Waals surface area contributed by atoms with Gasteiger partial charge in [-0.1, -0.05) is 54.7 Å². The number of amides is 1. The molecule has 0 aliphatic carbocycles. The Bertz CT molecular complexity index is 1190. The number of halogens is 6. The van der Waals surface area contributed by atoms with Crippen molar-refractivity contribution in [3.63, 3.8) is 0 Å². The molecule has 6 nitrogen and oxygen atoms in total. The summed E-state index contributed by atoms with van der Waals surface area (Å²) in [6.07, 6.45) is -8.90. The molecule has 1 aliphatic rings. The SMILES string of the molecule is O=C(O)CCCCCN1C(=O)/C(=C/c2ccc(-c3ccc(C(O)(C(F)(F)F)C(F)(F)F)cc3)o2)SC1=S. The second-order valence-electron chi connectivity index (χ2n) is 8.02. The van der Waals surface area contributed by atoms with Crippen LogP contribution in [-0.4, -0.2) is 50.2 Å². The molecule has 37 heavy (non-hydrogen) atoms. The number of furan rings is 1. The van der Waals surface area contributed by atoms with Gasteiger partial charge in [0.05, 0.1) is 4.91 Å². The maximum Gasteiger partial charge on any atom is 0.430 e. The molecule has 1 amide bonds. The molecule has 0 radical (unpaired) electrons. The molecule has 1 aliphatic heterocycles. The number of aliphatic carboxylic acids is 1. The lowest BCUT2D eigenvalue weighted by Crippen LogP contribution is -2.53. The maximum atomic E-state index is 13.1. The number of carbonyl (C=O) groups excluding carboxylic acids is 1. The normalized spacial score (nSPS) is 16.2. The maximum absolute atomic E-state index is 13.1. The zero-order valence-electron chi connectivity index (χ0n) is 18.7. The number of carbonyl (C=O) groups is 2. The number of thiocarbonyl (C=S) groups is 1. The number of nitrogens with zero attached hydrogens (tertiary/aromatic N) is 1. The number of carboxylic acids is 1. The van der Waals surface area contributed by atoms with Crippen LogP contribution in [0.5, 0.6) is 0 Å². The van der Waals surface area contributed by atoms with Crippen LogP contribution in [0.4, 0.5) is 26.3 Å². The van der Waals surface area contributed by atoms with Crippen LogP contribution in [0.2, 0.25) is 0 Å². The number of hydrogen-bond acceptors (Lipinski definition) is 6. The van der Waals surface area contributed by atoms with E-state index in [0.717, 1.165) is 23.9 Å². The fourth-order valence-electron chi connectivity index (χ4n) is 3.49. The zero-order valence-corrected chi connectivity index (χ0v) is 20.4. The van der Waals surface area contributed by atoms with E-state index in [9.17, 15) is 41.0 Å². The molecule has 1 fully saturated rings. The summed E-state index contributed by atoms with van der Waals surface area (Å²) < 4.78 is 84.3. The number of aliphatic hydroxyl groups is 1. The van der Waals surface area contributed by atoms with Crippen LogP contribution in [0.25, 0.3) is 17.4 Å². The van der Waals surface area contributed by atoms with E-state index >= 15 is 0 Å². The van der Waals surface area contributed by atoms with Crippen LogP contribution in [0.1, 0.15) is 37.0 Å². The van der Waals surface area contributed by atoms with E-state index < -0.39 is 29.5 Å². The summed E-state index contributed by atoms with van der Waals surface area (Å²) in [4.78, 5) is 24.9. The van der Waals surface area contributed by atoms with Crippen molar-refractivity contribution in [2.24, 2.45) is 0 Å². The summed E-state index contributed by atoms with van der Waals surface area (Å²) in [6, 6.07) is 5.81. The van der Waals surface area contributed by atoms with Crippen molar-refractivity contribution in [2.45, 2.75) is 43.6 Å². The predicted molar refractivity (Wildman–Crippen MR) is 126 cm³/mol. The Labute approximate surface area is 215 Å². The fraction of sp³-hybridized carbons (Fsp3) is 0.348. The molecule has 0 spiro atoms. The van der Waals surface area contributed by atoms with Gasteiger partial charge in [0.1, 0.15) is 15.8 Å². The lowest BCUT2D eigenvalue weighted by atomic mass is 9.91. The van der Waals surface area contributed by atoms with Gasteiger partial charge in [0.2, 0.25) is 0 Å². The Hall–Kier alpha value is -2.84. The molecule has 14 heteroatoms. The number of hydrogen-bond donors (Lipinski definition) is 2. The number of unbranched alkanes of at least 4 members (excludes halogenated alkanes) is 2. The number of rotatable bonds is 9. The Morgan fingerprint density at radius 3 is 2.19 bits per heavy atom. The Morgan fingerprint density at radius 1 is 1.00 bits per heavy atom. The Balaban J connectivity index is 1.72. The monoisotopic (exact) mass is 567 g/mol. The minimum Gasteiger partial charge on any atom is -0.481 e. The van der Waals surface area contributed by atoms with Gasteiger partial charge in [0, 0.05) is 30.2 Å². The van der Waals surface area contributed by atoms with Gasteiger partial charge in [0.25, 0.3) is 11.5 Å². The molecule has 1 aromatic heterocycles. The summed E-state index contributed by atoms with van der Waals surface area (Å²) in [5.74, 6) is -0.960. The van der Waals surface area contributed by atoms with E-state index in [2.05, 4.69) is 0 Å². The van der Waals surface area contributed by atoms with Crippen molar-refractivity contribution in [2.75, 3.05) is 6.54 Å². The third-order valence-corrected chi connectivity index (χ3v) is 6.83. The molecule has 1 aromatic carbocycles. The molecule has 200 valence electrons. The number of benzene rings is 1. The first-order chi connectivity index (χ1) is 17.1. The van der Waals surface area contributed by atoms with Crippen molar-refractivity contribution in [1.29, 1.82) is 0 Å². The second-order valence-corrected chi connectivity index (χ2v) is 9.70. The highest BCUT2D eigenvalue weighted by Crippen LogP contribution is 2.50. The standard InChI is InChI=1S/C23H19F6NO5S2/c24-22(25,26)21(34,23(27,28)29)14-7-5-13(6-8-14)16-10-9-15(35-16)12-17-19(33)30(20(36)37-17)11-3-1-2-4-18(31)32/h5-10,12,34H,1-4,11H2,(H,31,32)/b17-12-. The van der Waals surface area contributed by atoms with Gasteiger partial charge in [-0.2, -0.15) is 26.3 Å². The Morgan fingerprint density at radius 2 is 1.62 bits per heavy atom. The third-order valence-electron chi connectivity index (χ3n) is 5.45. The van der Waals surface area contributed by atoms with Crippen LogP contribution in [-0.2, 0) is 15.2 Å². The molecule has 2 aromatic rings. The van der Waals surface area contributed by atoms with Crippen molar-refractivity contribution in [3.05, 3.63) is 52.6 Å². The minimum atomic E-state index is -5.99. The highest BCUT2D eigenvalue weighted by Gasteiger charge is 2.71. The number of carboxylic acid groups (broad SMARTS) is 1. The minimum absolute atomic E-state index is 0.0351. The molecular formula is C23H19F6NO5S2. The molecular weight excluding hydrogens is 548 g/mol. The van der Waals surface area contributed by atoms with E-state index in [0.29, 0.717) is 42.3 Å². The first-order valence-electron chi connectivity index (χ1n) is 10.7. The van der Waals surface area contributed by atoms with Gasteiger partial charge in [-0.15, -0.1) is 0 Å². The largest absolute Gasteiger partial charge is 0.481 e. The van der Waals surface area contributed by atoms with E-state index in [1.807, 2.05) is 0 Å². The van der Waals surface area contributed by atoms with Crippen LogP contribution in [0, 0.1) is 0 Å². The van der Waals surface area contributed by atoms with Crippen LogP contribution in [0.15, 0.2) is 45.7 Å². The van der Waals surface area contributed by atoms with Crippen LogP contribution in [0.3, 0.4) is 0 Å². The molecule has 0 atom stereocenters. The highest BCUT2D eigenvalue weighted by atomic mass is 32.2. The zero-order chi connectivity index (χ0) is 27.6. The third kappa shape index (κ3) is 6.18. The number of thioether (sulfide) groups is 1. The van der Waals surface area contributed by atoms with Crippen LogP contribution < -0.4 is 0 Å². The fourth-order valence-corrected chi connectivity index (χ4v) is 4.78. The van der Waals surface area contributed by atoms with Crippen molar-refractivity contribution in [3.8, 4) is 11.3 Å². The van der Waals surface area contributed by atoms with Gasteiger partial charge in [-0.05, 0) is 25.0 Å². The summed E-state index contributed by atoms with van der Waals surface area (Å²) in [7, 11) is 0. The topological polar surface area (TPSA) is 91.0 Å². The smallest absolute Gasteiger partial charge is 0.430 e. The Kier molecular flexibility index (Phi) is 8.44. The van der Waals surface area contributed by atoms with E-state index in [4.69, 9.17) is 21.7 Å². The highest BCUT2D eigenvalue weighted by molar-refractivity contribution is 8.26. The molecule has 2 N–H and O–H groups in total. The van der Waals surface area contributed by atoms with Crippen molar-refractivity contribution in [1.82, 2.24) is 4.90 Å². The van der Waals surface area contributed by atoms with Gasteiger partial charge in [-0.3, -0.25) is 14.5 Å². The molecule has 3 rings (SSSR count). The quantitative estimate of drug-likeness (QED) is 0.164. The molecule has 0 bridgehead atoms.